The minimum Gasteiger partial charge on any atom is -0.360 e. The summed E-state index contributed by atoms with van der Waals surface area (Å²) in [6.07, 6.45) is 3.50. The minimum atomic E-state index is -0.293. The third-order valence-corrected chi connectivity index (χ3v) is 3.42. The molecule has 0 amide bonds. The second kappa shape index (κ2) is 4.92. The van der Waals surface area contributed by atoms with Gasteiger partial charge in [0.05, 0.1) is 22.8 Å². The molecule has 0 radical (unpaired) electrons. The number of hydrogen-bond acceptors (Lipinski definition) is 4. The van der Waals surface area contributed by atoms with Gasteiger partial charge in [-0.05, 0) is 18.2 Å². The van der Waals surface area contributed by atoms with E-state index in [1.807, 2.05) is 48.7 Å². The van der Waals surface area contributed by atoms with Crippen LogP contribution in [0.25, 0.3) is 21.9 Å². The smallest absolute Gasteiger partial charge is 0.278 e. The predicted octanol–water partition coefficient (Wildman–Crippen LogP) is 3.82. The van der Waals surface area contributed by atoms with Gasteiger partial charge in [0, 0.05) is 11.6 Å². The zero-order chi connectivity index (χ0) is 14.9. The Morgan fingerprint density at radius 1 is 1.00 bits per heavy atom. The summed E-state index contributed by atoms with van der Waals surface area (Å²) in [7, 11) is 0. The molecule has 0 fully saturated rings. The predicted molar refractivity (Wildman–Crippen MR) is 84.8 cm³/mol. The maximum absolute atomic E-state index is 12.1. The fraction of sp³-hybridized carbons (Fsp3) is 0. The van der Waals surface area contributed by atoms with Crippen LogP contribution >= 0.6 is 0 Å². The van der Waals surface area contributed by atoms with Crippen LogP contribution in [0.15, 0.2) is 69.9 Å². The zero-order valence-corrected chi connectivity index (χ0v) is 11.4. The van der Waals surface area contributed by atoms with Gasteiger partial charge < -0.3 is 9.97 Å². The molecular formula is C16H11N5O. The van der Waals surface area contributed by atoms with E-state index in [0.717, 1.165) is 10.9 Å². The van der Waals surface area contributed by atoms with Crippen molar-refractivity contribution in [1.82, 2.24) is 15.0 Å². The normalized spacial score (nSPS) is 11.6. The lowest BCUT2D eigenvalue weighted by atomic mass is 10.2. The van der Waals surface area contributed by atoms with Crippen molar-refractivity contribution in [1.29, 1.82) is 0 Å². The number of aromatic nitrogens is 3. The average molecular weight is 289 g/mol. The van der Waals surface area contributed by atoms with Crippen LogP contribution in [-0.2, 0) is 0 Å². The van der Waals surface area contributed by atoms with E-state index in [1.54, 1.807) is 6.20 Å². The summed E-state index contributed by atoms with van der Waals surface area (Å²) in [6.45, 7) is 0. The number of nitrogens with one attached hydrogen (secondary N) is 2. The maximum atomic E-state index is 12.1. The fourth-order valence-electron chi connectivity index (χ4n) is 2.41. The van der Waals surface area contributed by atoms with Crippen LogP contribution in [0.3, 0.4) is 0 Å². The molecule has 2 N–H and O–H groups in total. The SMILES string of the molecule is O=c1[nH]c2ncc3[nH]cccc3c2c1N=Nc1ccccc1. The quantitative estimate of drug-likeness (QED) is 0.549. The molecule has 4 aromatic rings. The number of rotatable bonds is 2. The van der Waals surface area contributed by atoms with Crippen molar-refractivity contribution in [2.75, 3.05) is 0 Å². The van der Waals surface area contributed by atoms with Gasteiger partial charge in [-0.3, -0.25) is 4.79 Å². The summed E-state index contributed by atoms with van der Waals surface area (Å²) in [5.74, 6) is 0. The lowest BCUT2D eigenvalue weighted by Crippen LogP contribution is -1.95. The number of benzene rings is 1. The lowest BCUT2D eigenvalue weighted by molar-refractivity contribution is 1.21. The van der Waals surface area contributed by atoms with E-state index in [2.05, 4.69) is 25.2 Å². The molecule has 0 aliphatic rings. The number of H-pyrrole nitrogens is 2. The van der Waals surface area contributed by atoms with Crippen molar-refractivity contribution >= 4 is 33.3 Å². The Morgan fingerprint density at radius 3 is 2.73 bits per heavy atom. The molecule has 0 spiro atoms. The molecule has 0 aliphatic carbocycles. The molecule has 22 heavy (non-hydrogen) atoms. The first-order chi connectivity index (χ1) is 10.8. The van der Waals surface area contributed by atoms with Crippen molar-refractivity contribution in [3.63, 3.8) is 0 Å². The molecule has 106 valence electrons. The Bertz CT molecular complexity index is 1050. The Kier molecular flexibility index (Phi) is 2.79. The van der Waals surface area contributed by atoms with Crippen LogP contribution in [0.5, 0.6) is 0 Å². The number of hydrogen-bond donors (Lipinski definition) is 2. The molecule has 3 heterocycles. The van der Waals surface area contributed by atoms with Gasteiger partial charge in [-0.2, -0.15) is 5.11 Å². The second-order valence-electron chi connectivity index (χ2n) is 4.82. The molecule has 0 aliphatic heterocycles. The van der Waals surface area contributed by atoms with E-state index in [-0.39, 0.29) is 11.2 Å². The monoisotopic (exact) mass is 289 g/mol. The summed E-state index contributed by atoms with van der Waals surface area (Å²) in [5.41, 5.74) is 2.02. The van der Waals surface area contributed by atoms with Gasteiger partial charge in [-0.25, -0.2) is 4.98 Å². The first kappa shape index (κ1) is 12.5. The Labute approximate surface area is 124 Å². The zero-order valence-electron chi connectivity index (χ0n) is 11.4. The van der Waals surface area contributed by atoms with Crippen molar-refractivity contribution in [2.45, 2.75) is 0 Å². The molecule has 6 heteroatoms. The second-order valence-corrected chi connectivity index (χ2v) is 4.82. The van der Waals surface area contributed by atoms with Gasteiger partial charge in [0.2, 0.25) is 0 Å². The van der Waals surface area contributed by atoms with E-state index in [0.29, 0.717) is 16.7 Å². The van der Waals surface area contributed by atoms with E-state index < -0.39 is 0 Å². The number of nitrogens with zero attached hydrogens (tertiary/aromatic N) is 3. The number of aromatic amines is 2. The highest BCUT2D eigenvalue weighted by molar-refractivity contribution is 6.08. The van der Waals surface area contributed by atoms with Crippen LogP contribution in [0.4, 0.5) is 11.4 Å². The number of fused-ring (bicyclic) bond motifs is 3. The minimum absolute atomic E-state index is 0.275. The van der Waals surface area contributed by atoms with Crippen molar-refractivity contribution in [3.05, 3.63) is 65.2 Å². The summed E-state index contributed by atoms with van der Waals surface area (Å²) >= 11 is 0. The van der Waals surface area contributed by atoms with Gasteiger partial charge >= 0.3 is 0 Å². The molecule has 0 unspecified atom stereocenters. The van der Waals surface area contributed by atoms with Crippen LogP contribution in [0.1, 0.15) is 0 Å². The Balaban J connectivity index is 1.97. The topological polar surface area (TPSA) is 86.3 Å². The van der Waals surface area contributed by atoms with Gasteiger partial charge in [-0.15, -0.1) is 5.11 Å². The standard InChI is InChI=1S/C16H11N5O/c22-16-14(21-20-10-5-2-1-3-6-10)13-11-7-4-8-17-12(11)9-18-15(13)19-16/h1-9,17H,(H,18,19,22). The summed E-state index contributed by atoms with van der Waals surface area (Å²) < 4.78 is 0. The van der Waals surface area contributed by atoms with Gasteiger partial charge in [-0.1, -0.05) is 24.3 Å². The van der Waals surface area contributed by atoms with Crippen LogP contribution in [-0.4, -0.2) is 15.0 Å². The van der Waals surface area contributed by atoms with Crippen molar-refractivity contribution in [2.24, 2.45) is 10.2 Å². The van der Waals surface area contributed by atoms with Crippen molar-refractivity contribution in [3.8, 4) is 0 Å². The fourth-order valence-corrected chi connectivity index (χ4v) is 2.41. The summed E-state index contributed by atoms with van der Waals surface area (Å²) in [6, 6.07) is 13.1. The average Bonchev–Trinajstić information content (AvgIpc) is 2.90. The highest BCUT2D eigenvalue weighted by Gasteiger charge is 2.13. The van der Waals surface area contributed by atoms with Crippen LogP contribution in [0.2, 0.25) is 0 Å². The first-order valence-corrected chi connectivity index (χ1v) is 6.78. The molecule has 0 bridgehead atoms. The van der Waals surface area contributed by atoms with Crippen LogP contribution in [0, 0.1) is 0 Å². The van der Waals surface area contributed by atoms with E-state index >= 15 is 0 Å². The third kappa shape index (κ3) is 1.98. The molecule has 3 aromatic heterocycles. The highest BCUT2D eigenvalue weighted by Crippen LogP contribution is 2.29. The Morgan fingerprint density at radius 2 is 1.86 bits per heavy atom. The highest BCUT2D eigenvalue weighted by atomic mass is 16.1. The van der Waals surface area contributed by atoms with Gasteiger partial charge in [0.1, 0.15) is 5.65 Å². The summed E-state index contributed by atoms with van der Waals surface area (Å²) in [5, 5.41) is 9.84. The molecule has 6 nitrogen and oxygen atoms in total. The van der Waals surface area contributed by atoms with E-state index in [4.69, 9.17) is 0 Å². The molecule has 0 saturated carbocycles. The van der Waals surface area contributed by atoms with Crippen LogP contribution < -0.4 is 5.56 Å². The van der Waals surface area contributed by atoms with Gasteiger partial charge in [0.15, 0.2) is 5.69 Å². The molecule has 1 aromatic carbocycles. The molecule has 0 atom stereocenters. The van der Waals surface area contributed by atoms with E-state index in [1.165, 1.54) is 0 Å². The molecule has 4 rings (SSSR count). The first-order valence-electron chi connectivity index (χ1n) is 6.78. The lowest BCUT2D eigenvalue weighted by Gasteiger charge is -1.99. The van der Waals surface area contributed by atoms with Gasteiger partial charge in [0.25, 0.3) is 5.56 Å². The molecular weight excluding hydrogens is 278 g/mol. The molecule has 0 saturated heterocycles. The largest absolute Gasteiger partial charge is 0.360 e. The summed E-state index contributed by atoms with van der Waals surface area (Å²) in [4.78, 5) is 22.2. The third-order valence-electron chi connectivity index (χ3n) is 3.42. The number of pyridine rings is 2. The maximum Gasteiger partial charge on any atom is 0.278 e. The van der Waals surface area contributed by atoms with Crippen molar-refractivity contribution < 1.29 is 0 Å². The Hall–Kier alpha value is -3.28. The number of azo groups is 1. The van der Waals surface area contributed by atoms with E-state index in [9.17, 15) is 4.79 Å².